The van der Waals surface area contributed by atoms with Crippen molar-refractivity contribution in [1.29, 1.82) is 5.41 Å². The largest absolute Gasteiger partial charge is 0.397 e. The van der Waals surface area contributed by atoms with Crippen LogP contribution < -0.4 is 16.1 Å². The lowest BCUT2D eigenvalue weighted by molar-refractivity contribution is 0.219. The quantitative estimate of drug-likeness (QED) is 0.343. The number of pyridine rings is 2. The molecule has 0 amide bonds. The van der Waals surface area contributed by atoms with Crippen LogP contribution in [-0.2, 0) is 0 Å². The van der Waals surface area contributed by atoms with Crippen LogP contribution in [0.2, 0.25) is 0 Å². The molecule has 5 N–H and O–H groups in total. The minimum atomic E-state index is 0.416. The number of hydrogen-bond donors (Lipinski definition) is 4. The molecular weight excluding hydrogens is 392 g/mol. The van der Waals surface area contributed by atoms with Gasteiger partial charge in [0.1, 0.15) is 0 Å². The summed E-state index contributed by atoms with van der Waals surface area (Å²) < 4.78 is 1.65. The smallest absolute Gasteiger partial charge is 0.154 e. The van der Waals surface area contributed by atoms with Crippen molar-refractivity contribution in [2.45, 2.75) is 12.8 Å². The molecule has 160 valence electrons. The summed E-state index contributed by atoms with van der Waals surface area (Å²) in [5.74, 6) is 1.05. The summed E-state index contributed by atoms with van der Waals surface area (Å²) in [7, 11) is 0. The van der Waals surface area contributed by atoms with Gasteiger partial charge in [0, 0.05) is 24.5 Å². The Labute approximate surface area is 180 Å². The molecule has 3 aromatic heterocycles. The molecule has 1 atom stereocenters. The van der Waals surface area contributed by atoms with Crippen molar-refractivity contribution in [3.05, 3.63) is 60.7 Å². The molecule has 9 nitrogen and oxygen atoms in total. The van der Waals surface area contributed by atoms with E-state index in [0.717, 1.165) is 43.4 Å². The van der Waals surface area contributed by atoms with Crippen LogP contribution in [0.25, 0.3) is 22.8 Å². The average Bonchev–Trinajstić information content (AvgIpc) is 3.30. The molecule has 1 aliphatic heterocycles. The van der Waals surface area contributed by atoms with Gasteiger partial charge in [0.15, 0.2) is 5.82 Å². The molecule has 0 spiro atoms. The molecular formula is C22H26N8O. The van der Waals surface area contributed by atoms with Gasteiger partial charge in [-0.25, -0.2) is 9.67 Å². The van der Waals surface area contributed by atoms with Crippen molar-refractivity contribution in [2.24, 2.45) is 11.7 Å². The van der Waals surface area contributed by atoms with E-state index in [4.69, 9.17) is 11.1 Å². The number of allylic oxidation sites excluding steroid dienone is 1. The van der Waals surface area contributed by atoms with E-state index in [-0.39, 0.29) is 0 Å². The third-order valence-corrected chi connectivity index (χ3v) is 5.28. The minimum Gasteiger partial charge on any atom is -0.397 e. The van der Waals surface area contributed by atoms with Crippen LogP contribution in [0, 0.1) is 11.3 Å². The Bertz CT molecular complexity index is 1050. The molecule has 1 aliphatic rings. The summed E-state index contributed by atoms with van der Waals surface area (Å²) in [5, 5.41) is 26.6. The molecule has 31 heavy (non-hydrogen) atoms. The summed E-state index contributed by atoms with van der Waals surface area (Å²) >= 11 is 0. The van der Waals surface area contributed by atoms with Gasteiger partial charge in [-0.2, -0.15) is 5.10 Å². The first-order valence-corrected chi connectivity index (χ1v) is 10.3. The van der Waals surface area contributed by atoms with Crippen LogP contribution in [0.3, 0.4) is 0 Å². The second kappa shape index (κ2) is 9.50. The molecule has 1 fully saturated rings. The van der Waals surface area contributed by atoms with Gasteiger partial charge >= 0.3 is 0 Å². The van der Waals surface area contributed by atoms with Gasteiger partial charge < -0.3 is 16.5 Å². The summed E-state index contributed by atoms with van der Waals surface area (Å²) in [6.07, 6.45) is 10.1. The van der Waals surface area contributed by atoms with Crippen LogP contribution in [0.15, 0.2) is 55.0 Å². The fourth-order valence-electron chi connectivity index (χ4n) is 3.61. The lowest BCUT2D eigenvalue weighted by Gasteiger charge is -2.27. The number of aromatic nitrogens is 4. The standard InChI is InChI=1S/C22H26N8O/c23-9-8-19(24)21-4-1-5-22(28-21)29-15-17(12-27-29)20-7-6-18(13-26-20)30(31)14-16-3-2-10-25-11-16/h1,4-9,12-13,15-16,23,25,31H,2-3,10-11,14,24H2/b19-8-,23-9?/t16-/m0/s1. The molecule has 0 unspecified atom stereocenters. The van der Waals surface area contributed by atoms with E-state index < -0.39 is 0 Å². The van der Waals surface area contributed by atoms with Crippen molar-refractivity contribution in [3.63, 3.8) is 0 Å². The van der Waals surface area contributed by atoms with Gasteiger partial charge in [-0.1, -0.05) is 6.07 Å². The van der Waals surface area contributed by atoms with E-state index in [1.165, 1.54) is 11.1 Å². The zero-order valence-electron chi connectivity index (χ0n) is 17.1. The Morgan fingerprint density at radius 2 is 2.23 bits per heavy atom. The van der Waals surface area contributed by atoms with E-state index in [9.17, 15) is 5.21 Å². The number of piperidine rings is 1. The summed E-state index contributed by atoms with van der Waals surface area (Å²) in [4.78, 5) is 8.99. The highest BCUT2D eigenvalue weighted by Gasteiger charge is 2.17. The molecule has 0 saturated carbocycles. The highest BCUT2D eigenvalue weighted by atomic mass is 16.5. The molecule has 1 saturated heterocycles. The third kappa shape index (κ3) is 4.96. The highest BCUT2D eigenvalue weighted by molar-refractivity contribution is 5.80. The Morgan fingerprint density at radius 3 is 2.97 bits per heavy atom. The molecule has 4 rings (SSSR count). The van der Waals surface area contributed by atoms with Gasteiger partial charge in [0.05, 0.1) is 35.2 Å². The Kier molecular flexibility index (Phi) is 6.34. The second-order valence-electron chi connectivity index (χ2n) is 7.54. The summed E-state index contributed by atoms with van der Waals surface area (Å²) in [5.41, 5.74) is 9.18. The zero-order valence-corrected chi connectivity index (χ0v) is 17.1. The maximum Gasteiger partial charge on any atom is 0.154 e. The predicted octanol–water partition coefficient (Wildman–Crippen LogP) is 2.47. The Hall–Kier alpha value is -3.56. The number of nitrogens with zero attached hydrogens (tertiary/aromatic N) is 5. The Balaban J connectivity index is 1.47. The van der Waals surface area contributed by atoms with E-state index in [2.05, 4.69) is 20.4 Å². The molecule has 0 bridgehead atoms. The molecule has 0 aliphatic carbocycles. The predicted molar refractivity (Wildman–Crippen MR) is 120 cm³/mol. The first-order valence-electron chi connectivity index (χ1n) is 10.3. The molecule has 9 heteroatoms. The normalized spacial score (nSPS) is 16.8. The van der Waals surface area contributed by atoms with Gasteiger partial charge in [-0.15, -0.1) is 0 Å². The highest BCUT2D eigenvalue weighted by Crippen LogP contribution is 2.22. The number of nitrogens with one attached hydrogen (secondary N) is 2. The first-order chi connectivity index (χ1) is 15.1. The number of hydrogen-bond acceptors (Lipinski definition) is 8. The first kappa shape index (κ1) is 20.7. The lowest BCUT2D eigenvalue weighted by Crippen LogP contribution is -2.37. The summed E-state index contributed by atoms with van der Waals surface area (Å²) in [6, 6.07) is 9.19. The molecule has 3 aromatic rings. The van der Waals surface area contributed by atoms with E-state index in [1.807, 2.05) is 30.5 Å². The van der Waals surface area contributed by atoms with Gasteiger partial charge in [-0.05, 0) is 62.2 Å². The fourth-order valence-corrected chi connectivity index (χ4v) is 3.61. The van der Waals surface area contributed by atoms with Crippen molar-refractivity contribution in [3.8, 4) is 17.1 Å². The van der Waals surface area contributed by atoms with Gasteiger partial charge in [-0.3, -0.25) is 15.3 Å². The Morgan fingerprint density at radius 1 is 1.32 bits per heavy atom. The van der Waals surface area contributed by atoms with Crippen LogP contribution in [-0.4, -0.2) is 50.8 Å². The molecule has 0 radical (unpaired) electrons. The average molecular weight is 419 g/mol. The lowest BCUT2D eigenvalue weighted by atomic mass is 9.99. The van der Waals surface area contributed by atoms with Gasteiger partial charge in [0.25, 0.3) is 0 Å². The van der Waals surface area contributed by atoms with Crippen LogP contribution >= 0.6 is 0 Å². The number of nitrogens with two attached hydrogens (primary N) is 1. The van der Waals surface area contributed by atoms with Crippen molar-refractivity contribution in [2.75, 3.05) is 24.7 Å². The second-order valence-corrected chi connectivity index (χ2v) is 7.54. The van der Waals surface area contributed by atoms with Crippen LogP contribution in [0.1, 0.15) is 18.5 Å². The SMILES string of the molecule is N=C/C=C(\N)c1cccc(-n2cc(-c3ccc(N(O)C[C@H]4CCCNC4)cn3)cn2)n1. The topological polar surface area (TPSA) is 129 Å². The maximum absolute atomic E-state index is 10.4. The van der Waals surface area contributed by atoms with E-state index in [1.54, 1.807) is 23.1 Å². The molecule has 4 heterocycles. The minimum absolute atomic E-state index is 0.416. The van der Waals surface area contributed by atoms with Crippen LogP contribution in [0.4, 0.5) is 5.69 Å². The number of hydroxylamine groups is 1. The van der Waals surface area contributed by atoms with Crippen molar-refractivity contribution in [1.82, 2.24) is 25.1 Å². The summed E-state index contributed by atoms with van der Waals surface area (Å²) in [6.45, 7) is 2.57. The van der Waals surface area contributed by atoms with Crippen molar-refractivity contribution >= 4 is 17.6 Å². The van der Waals surface area contributed by atoms with Crippen LogP contribution in [0.5, 0.6) is 0 Å². The molecule has 0 aromatic carbocycles. The van der Waals surface area contributed by atoms with E-state index in [0.29, 0.717) is 35.4 Å². The third-order valence-electron chi connectivity index (χ3n) is 5.28. The van der Waals surface area contributed by atoms with E-state index >= 15 is 0 Å². The number of rotatable bonds is 7. The number of anilines is 1. The fraction of sp³-hybridized carbons (Fsp3) is 0.273. The maximum atomic E-state index is 10.4. The van der Waals surface area contributed by atoms with Gasteiger partial charge in [0.2, 0.25) is 0 Å². The zero-order chi connectivity index (χ0) is 21.6. The van der Waals surface area contributed by atoms with Crippen molar-refractivity contribution < 1.29 is 5.21 Å². The monoisotopic (exact) mass is 418 g/mol.